The Bertz CT molecular complexity index is 528. The minimum absolute atomic E-state index is 0.00554. The van der Waals surface area contributed by atoms with Crippen LogP contribution in [0.1, 0.15) is 19.3 Å². The number of nitro groups is 1. The summed E-state index contributed by atoms with van der Waals surface area (Å²) in [6, 6.07) is 4.37. The second kappa shape index (κ2) is 5.16. The first-order valence-electron chi connectivity index (χ1n) is 5.86. The lowest BCUT2D eigenvalue weighted by Gasteiger charge is -2.37. The third-order valence-corrected chi connectivity index (χ3v) is 4.20. The van der Waals surface area contributed by atoms with Gasteiger partial charge in [0.1, 0.15) is 0 Å². The topological polar surface area (TPSA) is 92.5 Å². The molecule has 0 bridgehead atoms. The Balaban J connectivity index is 2.08. The molecule has 7 heteroatoms. The SMILES string of the molecule is O=C(O)C1(CNc2ccc([N+](=O)[O-])cc2Br)CCC1. The maximum Gasteiger partial charge on any atom is 0.311 e. The van der Waals surface area contributed by atoms with E-state index in [1.165, 1.54) is 12.1 Å². The van der Waals surface area contributed by atoms with Crippen molar-refractivity contribution in [3.8, 4) is 0 Å². The van der Waals surface area contributed by atoms with E-state index in [1.54, 1.807) is 6.07 Å². The van der Waals surface area contributed by atoms with Crippen LogP contribution in [0.2, 0.25) is 0 Å². The fourth-order valence-corrected chi connectivity index (χ4v) is 2.60. The average Bonchev–Trinajstić information content (AvgIpc) is 2.28. The Hall–Kier alpha value is -1.63. The molecule has 0 atom stereocenters. The second-order valence-electron chi connectivity index (χ2n) is 4.71. The molecular weight excluding hydrogens is 316 g/mol. The van der Waals surface area contributed by atoms with E-state index in [4.69, 9.17) is 0 Å². The van der Waals surface area contributed by atoms with E-state index < -0.39 is 16.3 Å². The van der Waals surface area contributed by atoms with E-state index in [0.29, 0.717) is 29.5 Å². The first-order valence-corrected chi connectivity index (χ1v) is 6.65. The lowest BCUT2D eigenvalue weighted by atomic mass is 9.69. The molecular formula is C12H13BrN2O4. The molecule has 0 unspecified atom stereocenters. The smallest absolute Gasteiger partial charge is 0.311 e. The molecule has 0 amide bonds. The maximum absolute atomic E-state index is 11.2. The molecule has 102 valence electrons. The number of carbonyl (C=O) groups is 1. The van der Waals surface area contributed by atoms with Gasteiger partial charge in [0.15, 0.2) is 0 Å². The van der Waals surface area contributed by atoms with E-state index in [0.717, 1.165) is 6.42 Å². The molecule has 1 saturated carbocycles. The van der Waals surface area contributed by atoms with Gasteiger partial charge in [-0.15, -0.1) is 0 Å². The number of nitro benzene ring substituents is 1. The summed E-state index contributed by atoms with van der Waals surface area (Å²) in [6.07, 6.45) is 2.26. The molecule has 0 aromatic heterocycles. The summed E-state index contributed by atoms with van der Waals surface area (Å²) in [5.41, 5.74) is -0.0338. The van der Waals surface area contributed by atoms with Gasteiger partial charge in [-0.2, -0.15) is 0 Å². The third-order valence-electron chi connectivity index (χ3n) is 3.55. The van der Waals surface area contributed by atoms with Gasteiger partial charge in [-0.1, -0.05) is 6.42 Å². The van der Waals surface area contributed by atoms with Gasteiger partial charge in [0.05, 0.1) is 10.3 Å². The van der Waals surface area contributed by atoms with Gasteiger partial charge in [0, 0.05) is 28.8 Å². The average molecular weight is 329 g/mol. The Labute approximate surface area is 118 Å². The monoisotopic (exact) mass is 328 g/mol. The van der Waals surface area contributed by atoms with Gasteiger partial charge in [-0.3, -0.25) is 14.9 Å². The lowest BCUT2D eigenvalue weighted by Crippen LogP contribution is -2.43. The van der Waals surface area contributed by atoms with Crippen molar-refractivity contribution in [2.24, 2.45) is 5.41 Å². The van der Waals surface area contributed by atoms with E-state index >= 15 is 0 Å². The zero-order chi connectivity index (χ0) is 14.0. The predicted octanol–water partition coefficient (Wildman–Crippen LogP) is 3.02. The van der Waals surface area contributed by atoms with Crippen molar-refractivity contribution < 1.29 is 14.8 Å². The molecule has 0 heterocycles. The Morgan fingerprint density at radius 3 is 2.63 bits per heavy atom. The Morgan fingerprint density at radius 2 is 2.21 bits per heavy atom. The quantitative estimate of drug-likeness (QED) is 0.640. The van der Waals surface area contributed by atoms with Gasteiger partial charge in [-0.25, -0.2) is 0 Å². The number of hydrogen-bond donors (Lipinski definition) is 2. The normalized spacial score (nSPS) is 16.5. The van der Waals surface area contributed by atoms with Gasteiger partial charge in [0.25, 0.3) is 5.69 Å². The number of carboxylic acids is 1. The Morgan fingerprint density at radius 1 is 1.53 bits per heavy atom. The van der Waals surface area contributed by atoms with E-state index in [-0.39, 0.29) is 5.69 Å². The molecule has 6 nitrogen and oxygen atoms in total. The summed E-state index contributed by atoms with van der Waals surface area (Å²) in [7, 11) is 0. The van der Waals surface area contributed by atoms with E-state index in [1.807, 2.05) is 0 Å². The third kappa shape index (κ3) is 2.70. The van der Waals surface area contributed by atoms with Crippen molar-refractivity contribution in [3.63, 3.8) is 0 Å². The molecule has 0 aliphatic heterocycles. The molecule has 1 aromatic rings. The Kier molecular flexibility index (Phi) is 3.75. The van der Waals surface area contributed by atoms with Gasteiger partial charge in [-0.05, 0) is 34.8 Å². The number of nitrogens with zero attached hydrogens (tertiary/aromatic N) is 1. The van der Waals surface area contributed by atoms with Crippen molar-refractivity contribution in [1.82, 2.24) is 0 Å². The largest absolute Gasteiger partial charge is 0.481 e. The van der Waals surface area contributed by atoms with Crippen molar-refractivity contribution in [2.45, 2.75) is 19.3 Å². The molecule has 1 aliphatic carbocycles. The van der Waals surface area contributed by atoms with Crippen LogP contribution >= 0.6 is 15.9 Å². The van der Waals surface area contributed by atoms with Crippen LogP contribution in [0.4, 0.5) is 11.4 Å². The molecule has 1 fully saturated rings. The lowest BCUT2D eigenvalue weighted by molar-refractivity contribution is -0.384. The molecule has 2 N–H and O–H groups in total. The molecule has 0 saturated heterocycles. The first kappa shape index (κ1) is 13.8. The first-order chi connectivity index (χ1) is 8.94. The van der Waals surface area contributed by atoms with Crippen molar-refractivity contribution >= 4 is 33.3 Å². The number of hydrogen-bond acceptors (Lipinski definition) is 4. The zero-order valence-corrected chi connectivity index (χ0v) is 11.6. The highest BCUT2D eigenvalue weighted by Crippen LogP contribution is 2.41. The van der Waals surface area contributed by atoms with Crippen LogP contribution in [0.25, 0.3) is 0 Å². The number of aliphatic carboxylic acids is 1. The summed E-state index contributed by atoms with van der Waals surface area (Å²) in [6.45, 7) is 0.332. The summed E-state index contributed by atoms with van der Waals surface area (Å²) in [5, 5.41) is 22.9. The molecule has 0 radical (unpaired) electrons. The van der Waals surface area contributed by atoms with E-state index in [9.17, 15) is 20.0 Å². The van der Waals surface area contributed by atoms with Crippen molar-refractivity contribution in [3.05, 3.63) is 32.8 Å². The van der Waals surface area contributed by atoms with Gasteiger partial charge >= 0.3 is 5.97 Å². The minimum Gasteiger partial charge on any atom is -0.481 e. The maximum atomic E-state index is 11.2. The number of benzene rings is 1. The highest BCUT2D eigenvalue weighted by Gasteiger charge is 2.44. The highest BCUT2D eigenvalue weighted by atomic mass is 79.9. The number of anilines is 1. The fraction of sp³-hybridized carbons (Fsp3) is 0.417. The highest BCUT2D eigenvalue weighted by molar-refractivity contribution is 9.10. The van der Waals surface area contributed by atoms with Crippen LogP contribution < -0.4 is 5.32 Å². The van der Waals surface area contributed by atoms with E-state index in [2.05, 4.69) is 21.2 Å². The van der Waals surface area contributed by atoms with Crippen molar-refractivity contribution in [1.29, 1.82) is 0 Å². The molecule has 0 spiro atoms. The van der Waals surface area contributed by atoms with Gasteiger partial charge < -0.3 is 10.4 Å². The minimum atomic E-state index is -0.788. The molecule has 2 rings (SSSR count). The number of nitrogens with one attached hydrogen (secondary N) is 1. The number of rotatable bonds is 5. The van der Waals surface area contributed by atoms with Crippen LogP contribution in [0.5, 0.6) is 0 Å². The summed E-state index contributed by atoms with van der Waals surface area (Å²) in [4.78, 5) is 21.4. The van der Waals surface area contributed by atoms with Crippen LogP contribution in [0.15, 0.2) is 22.7 Å². The molecule has 1 aromatic carbocycles. The number of non-ortho nitro benzene ring substituents is 1. The van der Waals surface area contributed by atoms with Crippen LogP contribution in [0.3, 0.4) is 0 Å². The summed E-state index contributed by atoms with van der Waals surface area (Å²) >= 11 is 3.25. The zero-order valence-electron chi connectivity index (χ0n) is 10.1. The second-order valence-corrected chi connectivity index (χ2v) is 5.57. The standard InChI is InChI=1S/C12H13BrN2O4/c13-9-6-8(15(18)19)2-3-10(9)14-7-12(11(16)17)4-1-5-12/h2-3,6,14H,1,4-5,7H2,(H,16,17). The number of halogens is 1. The molecule has 1 aliphatic rings. The van der Waals surface area contributed by atoms with Crippen molar-refractivity contribution in [2.75, 3.05) is 11.9 Å². The molecule has 19 heavy (non-hydrogen) atoms. The van der Waals surface area contributed by atoms with Gasteiger partial charge in [0.2, 0.25) is 0 Å². The van der Waals surface area contributed by atoms with Crippen LogP contribution in [-0.2, 0) is 4.79 Å². The fourth-order valence-electron chi connectivity index (χ4n) is 2.10. The van der Waals surface area contributed by atoms with Crippen LogP contribution in [-0.4, -0.2) is 22.5 Å². The summed E-state index contributed by atoms with van der Waals surface area (Å²) < 4.78 is 0.557. The number of carboxylic acid groups (broad SMARTS) is 1. The summed E-state index contributed by atoms with van der Waals surface area (Å²) in [5.74, 6) is -0.788. The predicted molar refractivity (Wildman–Crippen MR) is 73.2 cm³/mol. The van der Waals surface area contributed by atoms with Crippen LogP contribution in [0, 0.1) is 15.5 Å².